The first-order valence-corrected chi connectivity index (χ1v) is 9.42. The summed E-state index contributed by atoms with van der Waals surface area (Å²) < 4.78 is 5.39. The molecule has 23 heavy (non-hydrogen) atoms. The standard InChI is InChI=1S/C18H28N2O2S/c1-18(2,3)22-17(21)20-16(15-7-5-4-6-8-15)12-19-11-14-9-10-23-13-14/h4-8,14,16,19H,9-13H2,1-3H3,(H,20,21). The molecule has 128 valence electrons. The van der Waals surface area contributed by atoms with Gasteiger partial charge in [-0.1, -0.05) is 30.3 Å². The third-order valence-corrected chi connectivity index (χ3v) is 4.93. The molecule has 1 saturated heterocycles. The fourth-order valence-corrected chi connectivity index (χ4v) is 3.85. The summed E-state index contributed by atoms with van der Waals surface area (Å²) in [5.74, 6) is 3.26. The molecule has 0 radical (unpaired) electrons. The Morgan fingerprint density at radius 3 is 2.70 bits per heavy atom. The van der Waals surface area contributed by atoms with E-state index in [1.54, 1.807) is 0 Å². The van der Waals surface area contributed by atoms with Crippen molar-refractivity contribution in [3.63, 3.8) is 0 Å². The summed E-state index contributed by atoms with van der Waals surface area (Å²) in [5, 5.41) is 6.50. The number of benzene rings is 1. The monoisotopic (exact) mass is 336 g/mol. The van der Waals surface area contributed by atoms with Crippen LogP contribution in [0.4, 0.5) is 4.79 Å². The Morgan fingerprint density at radius 2 is 2.09 bits per heavy atom. The number of hydrogen-bond donors (Lipinski definition) is 2. The highest BCUT2D eigenvalue weighted by molar-refractivity contribution is 7.99. The minimum absolute atomic E-state index is 0.0832. The lowest BCUT2D eigenvalue weighted by atomic mass is 10.1. The average Bonchev–Trinajstić information content (AvgIpc) is 2.98. The highest BCUT2D eigenvalue weighted by Crippen LogP contribution is 2.22. The Bertz CT molecular complexity index is 482. The molecule has 1 aromatic carbocycles. The molecular weight excluding hydrogens is 308 g/mol. The van der Waals surface area contributed by atoms with Gasteiger partial charge >= 0.3 is 6.09 Å². The van der Waals surface area contributed by atoms with E-state index in [2.05, 4.69) is 10.6 Å². The van der Waals surface area contributed by atoms with Crippen molar-refractivity contribution in [2.24, 2.45) is 5.92 Å². The van der Waals surface area contributed by atoms with Gasteiger partial charge in [0.05, 0.1) is 6.04 Å². The fraction of sp³-hybridized carbons (Fsp3) is 0.611. The highest BCUT2D eigenvalue weighted by atomic mass is 32.2. The normalized spacial score (nSPS) is 19.3. The maximum absolute atomic E-state index is 12.1. The summed E-state index contributed by atoms with van der Waals surface area (Å²) in [6.45, 7) is 7.34. The summed E-state index contributed by atoms with van der Waals surface area (Å²) >= 11 is 2.02. The number of carbonyl (C=O) groups excluding carboxylic acids is 1. The molecule has 1 aliphatic rings. The van der Waals surface area contributed by atoms with Crippen molar-refractivity contribution < 1.29 is 9.53 Å². The lowest BCUT2D eigenvalue weighted by Gasteiger charge is -2.24. The van der Waals surface area contributed by atoms with E-state index in [9.17, 15) is 4.79 Å². The number of rotatable bonds is 6. The van der Waals surface area contributed by atoms with E-state index in [1.807, 2.05) is 62.9 Å². The minimum atomic E-state index is -0.486. The van der Waals surface area contributed by atoms with Crippen LogP contribution in [0, 0.1) is 5.92 Å². The van der Waals surface area contributed by atoms with Crippen molar-refractivity contribution in [1.82, 2.24) is 10.6 Å². The molecule has 0 aromatic heterocycles. The molecule has 0 bridgehead atoms. The zero-order chi connectivity index (χ0) is 16.7. The summed E-state index contributed by atoms with van der Waals surface area (Å²) in [5.41, 5.74) is 0.603. The van der Waals surface area contributed by atoms with Gasteiger partial charge in [-0.3, -0.25) is 0 Å². The Hall–Kier alpha value is -1.20. The first-order valence-electron chi connectivity index (χ1n) is 8.27. The van der Waals surface area contributed by atoms with E-state index in [4.69, 9.17) is 4.74 Å². The molecule has 0 spiro atoms. The zero-order valence-corrected chi connectivity index (χ0v) is 15.1. The second kappa shape index (κ2) is 8.60. The van der Waals surface area contributed by atoms with Gasteiger partial charge in [-0.2, -0.15) is 11.8 Å². The number of alkyl carbamates (subject to hydrolysis) is 1. The van der Waals surface area contributed by atoms with Crippen LogP contribution in [0.2, 0.25) is 0 Å². The predicted octanol–water partition coefficient (Wildman–Crippen LogP) is 3.60. The van der Waals surface area contributed by atoms with E-state index in [1.165, 1.54) is 17.9 Å². The summed E-state index contributed by atoms with van der Waals surface area (Å²) in [7, 11) is 0. The van der Waals surface area contributed by atoms with Crippen LogP contribution in [-0.4, -0.2) is 36.3 Å². The first-order chi connectivity index (χ1) is 10.9. The second-order valence-electron chi connectivity index (χ2n) is 7.00. The predicted molar refractivity (Wildman–Crippen MR) is 96.9 cm³/mol. The van der Waals surface area contributed by atoms with E-state index < -0.39 is 5.60 Å². The lowest BCUT2D eigenvalue weighted by molar-refractivity contribution is 0.0503. The average molecular weight is 337 g/mol. The van der Waals surface area contributed by atoms with Crippen LogP contribution in [0.15, 0.2) is 30.3 Å². The van der Waals surface area contributed by atoms with Crippen molar-refractivity contribution in [1.29, 1.82) is 0 Å². The van der Waals surface area contributed by atoms with Gasteiger partial charge in [0.1, 0.15) is 5.60 Å². The van der Waals surface area contributed by atoms with Gasteiger partial charge in [0.15, 0.2) is 0 Å². The first kappa shape index (κ1) is 18.1. The summed E-state index contributed by atoms with van der Waals surface area (Å²) in [6, 6.07) is 9.96. The van der Waals surface area contributed by atoms with Crippen molar-refractivity contribution in [2.75, 3.05) is 24.6 Å². The second-order valence-corrected chi connectivity index (χ2v) is 8.15. The molecule has 4 nitrogen and oxygen atoms in total. The highest BCUT2D eigenvalue weighted by Gasteiger charge is 2.21. The molecule has 0 aliphatic carbocycles. The van der Waals surface area contributed by atoms with E-state index >= 15 is 0 Å². The topological polar surface area (TPSA) is 50.4 Å². The molecule has 0 saturated carbocycles. The molecule has 2 unspecified atom stereocenters. The molecule has 1 amide bonds. The Labute approximate surface area is 143 Å². The third kappa shape index (κ3) is 6.83. The van der Waals surface area contributed by atoms with Gasteiger partial charge in [0.25, 0.3) is 0 Å². The maximum atomic E-state index is 12.1. The van der Waals surface area contributed by atoms with Gasteiger partial charge < -0.3 is 15.4 Å². The molecule has 2 rings (SSSR count). The number of nitrogens with one attached hydrogen (secondary N) is 2. The van der Waals surface area contributed by atoms with E-state index in [0.717, 1.165) is 18.0 Å². The van der Waals surface area contributed by atoms with Gasteiger partial charge in [0.2, 0.25) is 0 Å². The fourth-order valence-electron chi connectivity index (χ4n) is 2.56. The molecule has 1 aliphatic heterocycles. The zero-order valence-electron chi connectivity index (χ0n) is 14.3. The Morgan fingerprint density at radius 1 is 1.35 bits per heavy atom. The van der Waals surface area contributed by atoms with Crippen molar-refractivity contribution in [2.45, 2.75) is 38.8 Å². The minimum Gasteiger partial charge on any atom is -0.444 e. The van der Waals surface area contributed by atoms with Crippen molar-refractivity contribution in [3.05, 3.63) is 35.9 Å². The van der Waals surface area contributed by atoms with Crippen LogP contribution < -0.4 is 10.6 Å². The van der Waals surface area contributed by atoms with Crippen LogP contribution in [-0.2, 0) is 4.74 Å². The smallest absolute Gasteiger partial charge is 0.408 e. The number of hydrogen-bond acceptors (Lipinski definition) is 4. The number of carbonyl (C=O) groups is 1. The molecular formula is C18H28N2O2S. The van der Waals surface area contributed by atoms with Crippen LogP contribution in [0.5, 0.6) is 0 Å². The van der Waals surface area contributed by atoms with Crippen molar-refractivity contribution >= 4 is 17.9 Å². The molecule has 5 heteroatoms. The van der Waals surface area contributed by atoms with Crippen LogP contribution in [0.1, 0.15) is 38.8 Å². The van der Waals surface area contributed by atoms with Gasteiger partial charge in [-0.05, 0) is 56.7 Å². The largest absolute Gasteiger partial charge is 0.444 e. The van der Waals surface area contributed by atoms with E-state index in [0.29, 0.717) is 6.54 Å². The van der Waals surface area contributed by atoms with Crippen LogP contribution in [0.3, 0.4) is 0 Å². The third-order valence-electron chi connectivity index (χ3n) is 3.70. The van der Waals surface area contributed by atoms with Crippen LogP contribution >= 0.6 is 11.8 Å². The van der Waals surface area contributed by atoms with Gasteiger partial charge in [-0.25, -0.2) is 4.79 Å². The molecule has 2 N–H and O–H groups in total. The van der Waals surface area contributed by atoms with Crippen molar-refractivity contribution in [3.8, 4) is 0 Å². The SMILES string of the molecule is CC(C)(C)OC(=O)NC(CNCC1CCSC1)c1ccccc1. The van der Waals surface area contributed by atoms with E-state index in [-0.39, 0.29) is 12.1 Å². The number of thioether (sulfide) groups is 1. The summed E-state index contributed by atoms with van der Waals surface area (Å²) in [6.07, 6.45) is 0.914. The number of amides is 1. The van der Waals surface area contributed by atoms with Gasteiger partial charge in [-0.15, -0.1) is 0 Å². The molecule has 2 atom stereocenters. The number of ether oxygens (including phenoxy) is 1. The molecule has 1 heterocycles. The Balaban J connectivity index is 1.90. The molecule has 1 aromatic rings. The Kier molecular flexibility index (Phi) is 6.78. The molecule has 1 fully saturated rings. The maximum Gasteiger partial charge on any atom is 0.408 e. The quantitative estimate of drug-likeness (QED) is 0.833. The lowest BCUT2D eigenvalue weighted by Crippen LogP contribution is -2.40. The van der Waals surface area contributed by atoms with Crippen LogP contribution in [0.25, 0.3) is 0 Å². The summed E-state index contributed by atoms with van der Waals surface area (Å²) in [4.78, 5) is 12.1. The van der Waals surface area contributed by atoms with Gasteiger partial charge in [0, 0.05) is 6.54 Å².